The van der Waals surface area contributed by atoms with Gasteiger partial charge in [0.25, 0.3) is 0 Å². The average Bonchev–Trinajstić information content (AvgIpc) is 2.82. The Morgan fingerprint density at radius 3 is 2.28 bits per heavy atom. The van der Waals surface area contributed by atoms with Crippen molar-refractivity contribution in [2.24, 2.45) is 0 Å². The SMILES string of the molecule is COC(=O)[C@@H](C/C=C/[C@H](C)OCc1ccccc1)OC(=O)COCc1ccc(OC)cc1. The Morgan fingerprint density at radius 2 is 1.62 bits per heavy atom. The molecule has 0 aliphatic carbocycles. The van der Waals surface area contributed by atoms with Gasteiger partial charge in [-0.05, 0) is 30.2 Å². The highest BCUT2D eigenvalue weighted by Gasteiger charge is 2.22. The fourth-order valence-corrected chi connectivity index (χ4v) is 2.74. The molecule has 0 unspecified atom stereocenters. The minimum absolute atomic E-state index is 0.169. The zero-order valence-corrected chi connectivity index (χ0v) is 18.7. The minimum Gasteiger partial charge on any atom is -0.497 e. The van der Waals surface area contributed by atoms with Crippen LogP contribution in [0.15, 0.2) is 66.7 Å². The van der Waals surface area contributed by atoms with Crippen LogP contribution in [-0.2, 0) is 41.8 Å². The Balaban J connectivity index is 1.75. The molecule has 0 spiro atoms. The number of rotatable bonds is 13. The fraction of sp³-hybridized carbons (Fsp3) is 0.360. The van der Waals surface area contributed by atoms with Crippen LogP contribution in [0, 0.1) is 0 Å². The molecule has 0 heterocycles. The van der Waals surface area contributed by atoms with Crippen LogP contribution in [0.5, 0.6) is 5.75 Å². The average molecular weight is 443 g/mol. The van der Waals surface area contributed by atoms with Crippen molar-refractivity contribution in [3.63, 3.8) is 0 Å². The standard InChI is InChI=1S/C25H30O7/c1-19(31-17-20-9-5-4-6-10-20)8-7-11-23(25(27)29-3)32-24(26)18-30-16-21-12-14-22(28-2)15-13-21/h4-10,12-15,19,23H,11,16-18H2,1-3H3/b8-7+/t19-,23+/m0/s1. The molecule has 0 saturated carbocycles. The van der Waals surface area contributed by atoms with Crippen molar-refractivity contribution < 1.29 is 33.3 Å². The smallest absolute Gasteiger partial charge is 0.347 e. The van der Waals surface area contributed by atoms with Crippen LogP contribution in [0.1, 0.15) is 24.5 Å². The van der Waals surface area contributed by atoms with Gasteiger partial charge in [-0.1, -0.05) is 54.6 Å². The van der Waals surface area contributed by atoms with Crippen molar-refractivity contribution >= 4 is 11.9 Å². The van der Waals surface area contributed by atoms with E-state index in [1.807, 2.05) is 55.5 Å². The van der Waals surface area contributed by atoms with Crippen molar-refractivity contribution in [1.82, 2.24) is 0 Å². The first-order valence-electron chi connectivity index (χ1n) is 10.3. The summed E-state index contributed by atoms with van der Waals surface area (Å²) in [5, 5.41) is 0. The van der Waals surface area contributed by atoms with Crippen molar-refractivity contribution in [2.45, 2.75) is 38.8 Å². The Hall–Kier alpha value is -3.16. The molecule has 0 saturated heterocycles. The molecule has 0 amide bonds. The van der Waals surface area contributed by atoms with Crippen LogP contribution < -0.4 is 4.74 Å². The molecule has 32 heavy (non-hydrogen) atoms. The molecule has 7 nitrogen and oxygen atoms in total. The molecule has 0 radical (unpaired) electrons. The van der Waals surface area contributed by atoms with E-state index in [2.05, 4.69) is 0 Å². The van der Waals surface area contributed by atoms with E-state index in [1.165, 1.54) is 7.11 Å². The molecule has 2 rings (SSSR count). The van der Waals surface area contributed by atoms with Gasteiger partial charge in [-0.15, -0.1) is 0 Å². The molecular weight excluding hydrogens is 412 g/mol. The molecule has 0 fully saturated rings. The second-order valence-corrected chi connectivity index (χ2v) is 7.01. The quantitative estimate of drug-likeness (QED) is 0.344. The summed E-state index contributed by atoms with van der Waals surface area (Å²) in [6.45, 7) is 2.33. The summed E-state index contributed by atoms with van der Waals surface area (Å²) in [5.74, 6) is -0.534. The van der Waals surface area contributed by atoms with E-state index in [0.29, 0.717) is 6.61 Å². The van der Waals surface area contributed by atoms with Crippen molar-refractivity contribution in [1.29, 1.82) is 0 Å². The lowest BCUT2D eigenvalue weighted by atomic mass is 10.2. The van der Waals surface area contributed by atoms with E-state index in [1.54, 1.807) is 25.3 Å². The molecule has 2 aromatic rings. The number of esters is 2. The predicted octanol–water partition coefficient (Wildman–Crippen LogP) is 3.85. The number of hydrogen-bond donors (Lipinski definition) is 0. The molecule has 172 valence electrons. The normalized spacial score (nSPS) is 12.8. The lowest BCUT2D eigenvalue weighted by Gasteiger charge is -2.15. The second kappa shape index (κ2) is 14.0. The summed E-state index contributed by atoms with van der Waals surface area (Å²) in [5.41, 5.74) is 1.96. The van der Waals surface area contributed by atoms with Gasteiger partial charge in [-0.25, -0.2) is 9.59 Å². The van der Waals surface area contributed by atoms with E-state index in [-0.39, 0.29) is 25.7 Å². The predicted molar refractivity (Wildman–Crippen MR) is 119 cm³/mol. The van der Waals surface area contributed by atoms with Gasteiger partial charge in [0, 0.05) is 6.42 Å². The summed E-state index contributed by atoms with van der Waals surface area (Å²) >= 11 is 0. The van der Waals surface area contributed by atoms with Gasteiger partial charge in [0.1, 0.15) is 12.4 Å². The van der Waals surface area contributed by atoms with Crippen molar-refractivity contribution in [3.8, 4) is 5.75 Å². The maximum Gasteiger partial charge on any atom is 0.347 e. The van der Waals surface area contributed by atoms with Crippen LogP contribution in [0.3, 0.4) is 0 Å². The van der Waals surface area contributed by atoms with Crippen molar-refractivity contribution in [2.75, 3.05) is 20.8 Å². The van der Waals surface area contributed by atoms with E-state index in [0.717, 1.165) is 16.9 Å². The number of benzene rings is 2. The highest BCUT2D eigenvalue weighted by atomic mass is 16.6. The van der Waals surface area contributed by atoms with Crippen molar-refractivity contribution in [3.05, 3.63) is 77.9 Å². The van der Waals surface area contributed by atoms with Crippen LogP contribution in [0.2, 0.25) is 0 Å². The van der Waals surface area contributed by atoms with E-state index in [9.17, 15) is 9.59 Å². The summed E-state index contributed by atoms with van der Waals surface area (Å²) in [4.78, 5) is 24.1. The topological polar surface area (TPSA) is 80.3 Å². The molecule has 7 heteroatoms. The second-order valence-electron chi connectivity index (χ2n) is 7.01. The first-order chi connectivity index (χ1) is 15.5. The molecule has 0 N–H and O–H groups in total. The number of carbonyl (C=O) groups excluding carboxylic acids is 2. The first kappa shape index (κ1) is 25.1. The largest absolute Gasteiger partial charge is 0.497 e. The van der Waals surface area contributed by atoms with Gasteiger partial charge < -0.3 is 23.7 Å². The highest BCUT2D eigenvalue weighted by Crippen LogP contribution is 2.12. The Kier molecular flexibility index (Phi) is 11.0. The summed E-state index contributed by atoms with van der Waals surface area (Å²) < 4.78 is 26.2. The number of ether oxygens (including phenoxy) is 5. The van der Waals surface area contributed by atoms with Gasteiger partial charge in [0.2, 0.25) is 6.10 Å². The third-order valence-electron chi connectivity index (χ3n) is 4.50. The molecule has 0 aromatic heterocycles. The molecular formula is C25H30O7. The van der Waals surface area contributed by atoms with Gasteiger partial charge in [-0.2, -0.15) is 0 Å². The maximum atomic E-state index is 12.1. The molecule has 0 bridgehead atoms. The third-order valence-corrected chi connectivity index (χ3v) is 4.50. The molecule has 2 atom stereocenters. The van der Waals surface area contributed by atoms with Gasteiger partial charge in [0.15, 0.2) is 0 Å². The maximum absolute atomic E-state index is 12.1. The van der Waals surface area contributed by atoms with Gasteiger partial charge >= 0.3 is 11.9 Å². The zero-order valence-electron chi connectivity index (χ0n) is 18.7. The van der Waals surface area contributed by atoms with Gasteiger partial charge in [-0.3, -0.25) is 0 Å². The van der Waals surface area contributed by atoms with Crippen LogP contribution in [0.4, 0.5) is 0 Å². The zero-order chi connectivity index (χ0) is 23.2. The van der Waals surface area contributed by atoms with Gasteiger partial charge in [0.05, 0.1) is 33.5 Å². The fourth-order valence-electron chi connectivity index (χ4n) is 2.74. The summed E-state index contributed by atoms with van der Waals surface area (Å²) in [6.07, 6.45) is 2.51. The number of carbonyl (C=O) groups is 2. The minimum atomic E-state index is -1.05. The third kappa shape index (κ3) is 9.32. The lowest BCUT2D eigenvalue weighted by molar-refractivity contribution is -0.168. The highest BCUT2D eigenvalue weighted by molar-refractivity contribution is 5.79. The number of hydrogen-bond acceptors (Lipinski definition) is 7. The summed E-state index contributed by atoms with van der Waals surface area (Å²) in [7, 11) is 2.84. The Labute approximate surface area is 188 Å². The molecule has 0 aliphatic rings. The monoisotopic (exact) mass is 442 g/mol. The van der Waals surface area contributed by atoms with E-state index >= 15 is 0 Å². The lowest BCUT2D eigenvalue weighted by Crippen LogP contribution is -2.29. The van der Waals surface area contributed by atoms with E-state index < -0.39 is 18.0 Å². The van der Waals surface area contributed by atoms with E-state index in [4.69, 9.17) is 23.7 Å². The first-order valence-corrected chi connectivity index (χ1v) is 10.3. The van der Waals surface area contributed by atoms with Crippen LogP contribution >= 0.6 is 0 Å². The number of methoxy groups -OCH3 is 2. The Morgan fingerprint density at radius 1 is 0.938 bits per heavy atom. The molecule has 0 aliphatic heterocycles. The van der Waals surface area contributed by atoms with Crippen LogP contribution in [0.25, 0.3) is 0 Å². The van der Waals surface area contributed by atoms with Crippen LogP contribution in [-0.4, -0.2) is 45.0 Å². The Bertz CT molecular complexity index is 846. The molecule has 2 aromatic carbocycles. The summed E-state index contributed by atoms with van der Waals surface area (Å²) in [6, 6.07) is 17.1.